The molecule has 4 atom stereocenters. The summed E-state index contributed by atoms with van der Waals surface area (Å²) in [7, 11) is 0. The number of aryl methyl sites for hydroxylation is 2. The number of benzene rings is 2. The fourth-order valence-electron chi connectivity index (χ4n) is 3.87. The Bertz CT molecular complexity index is 908. The molecular weight excluding hydrogens is 372 g/mol. The lowest BCUT2D eigenvalue weighted by molar-refractivity contribution is -0.534. The number of hydrogen-bond acceptors (Lipinski definition) is 5. The van der Waals surface area contributed by atoms with Gasteiger partial charge in [0.2, 0.25) is 11.9 Å². The SMILES string of the molecule is CCOC(=O)C1C(=O)NC(c2ccc(C)cc2)C([N+](=O)[O-])C1c1ccc(C)cc1. The van der Waals surface area contributed by atoms with Crippen LogP contribution in [0.1, 0.15) is 41.1 Å². The van der Waals surface area contributed by atoms with Gasteiger partial charge in [-0.3, -0.25) is 19.7 Å². The number of carbonyl (C=O) groups excluding carboxylic acids is 2. The molecule has 0 aromatic heterocycles. The van der Waals surface area contributed by atoms with E-state index in [1.165, 1.54) is 0 Å². The molecule has 2 aromatic carbocycles. The minimum atomic E-state index is -1.28. The standard InChI is InChI=1S/C22H24N2O5/c1-4-29-22(26)18-17(15-9-5-13(2)6-10-15)20(24(27)28)19(23-21(18)25)16-11-7-14(3)8-12-16/h5-12,17-20H,4H2,1-3H3,(H,23,25). The Kier molecular flexibility index (Phi) is 5.96. The van der Waals surface area contributed by atoms with Crippen molar-refractivity contribution in [1.29, 1.82) is 0 Å². The van der Waals surface area contributed by atoms with Crippen molar-refractivity contribution < 1.29 is 19.2 Å². The summed E-state index contributed by atoms with van der Waals surface area (Å²) in [6.45, 7) is 5.55. The highest BCUT2D eigenvalue weighted by Gasteiger charge is 2.55. The number of esters is 1. The van der Waals surface area contributed by atoms with E-state index < -0.39 is 40.7 Å². The minimum Gasteiger partial charge on any atom is -0.465 e. The number of ether oxygens (including phenoxy) is 1. The van der Waals surface area contributed by atoms with Gasteiger partial charge >= 0.3 is 5.97 Å². The van der Waals surface area contributed by atoms with Crippen molar-refractivity contribution in [2.45, 2.75) is 38.8 Å². The van der Waals surface area contributed by atoms with Crippen LogP contribution in [0.2, 0.25) is 0 Å². The molecule has 29 heavy (non-hydrogen) atoms. The summed E-state index contributed by atoms with van der Waals surface area (Å²) in [6.07, 6.45) is 0. The lowest BCUT2D eigenvalue weighted by atomic mass is 9.73. The van der Waals surface area contributed by atoms with Gasteiger partial charge in [0.15, 0.2) is 0 Å². The summed E-state index contributed by atoms with van der Waals surface area (Å²) >= 11 is 0. The highest BCUT2D eigenvalue weighted by Crippen LogP contribution is 2.41. The van der Waals surface area contributed by atoms with Crippen LogP contribution in [0.4, 0.5) is 0 Å². The fourth-order valence-corrected chi connectivity index (χ4v) is 3.87. The van der Waals surface area contributed by atoms with E-state index in [4.69, 9.17) is 4.74 Å². The van der Waals surface area contributed by atoms with E-state index in [1.807, 2.05) is 38.1 Å². The topological polar surface area (TPSA) is 98.5 Å². The smallest absolute Gasteiger partial charge is 0.319 e. The number of rotatable bonds is 5. The first-order valence-electron chi connectivity index (χ1n) is 9.57. The quantitative estimate of drug-likeness (QED) is 0.362. The Morgan fingerprint density at radius 2 is 1.55 bits per heavy atom. The predicted octanol–water partition coefficient (Wildman–Crippen LogP) is 3.08. The second-order valence-corrected chi connectivity index (χ2v) is 7.34. The van der Waals surface area contributed by atoms with Crippen LogP contribution >= 0.6 is 0 Å². The highest BCUT2D eigenvalue weighted by atomic mass is 16.6. The summed E-state index contributed by atoms with van der Waals surface area (Å²) in [5, 5.41) is 14.9. The molecule has 1 aliphatic rings. The van der Waals surface area contributed by atoms with Crippen LogP contribution in [-0.2, 0) is 14.3 Å². The van der Waals surface area contributed by atoms with Crippen molar-refractivity contribution in [3.63, 3.8) is 0 Å². The van der Waals surface area contributed by atoms with Crippen LogP contribution in [-0.4, -0.2) is 29.4 Å². The van der Waals surface area contributed by atoms with Gasteiger partial charge in [0.1, 0.15) is 12.0 Å². The third-order valence-electron chi connectivity index (χ3n) is 5.33. The Balaban J connectivity index is 2.13. The second kappa shape index (κ2) is 8.43. The predicted molar refractivity (Wildman–Crippen MR) is 107 cm³/mol. The van der Waals surface area contributed by atoms with Gasteiger partial charge in [-0.1, -0.05) is 59.7 Å². The molecule has 7 nitrogen and oxygen atoms in total. The van der Waals surface area contributed by atoms with Crippen LogP contribution in [0.5, 0.6) is 0 Å². The molecule has 0 bridgehead atoms. The maximum absolute atomic E-state index is 12.9. The van der Waals surface area contributed by atoms with Crippen molar-refractivity contribution in [2.75, 3.05) is 6.61 Å². The van der Waals surface area contributed by atoms with Crippen LogP contribution < -0.4 is 5.32 Å². The molecule has 3 rings (SSSR count). The molecule has 1 aliphatic heterocycles. The van der Waals surface area contributed by atoms with Crippen molar-refractivity contribution in [3.05, 3.63) is 80.9 Å². The largest absolute Gasteiger partial charge is 0.465 e. The molecule has 0 aliphatic carbocycles. The van der Waals surface area contributed by atoms with Gasteiger partial charge in [0.25, 0.3) is 0 Å². The number of piperidine rings is 1. The molecule has 1 N–H and O–H groups in total. The molecule has 1 saturated heterocycles. The van der Waals surface area contributed by atoms with Gasteiger partial charge in [-0.15, -0.1) is 0 Å². The molecular formula is C22H24N2O5. The summed E-state index contributed by atoms with van der Waals surface area (Å²) in [6, 6.07) is 12.3. The van der Waals surface area contributed by atoms with Crippen molar-refractivity contribution in [1.82, 2.24) is 5.32 Å². The van der Waals surface area contributed by atoms with Crippen molar-refractivity contribution >= 4 is 11.9 Å². The Morgan fingerprint density at radius 1 is 1.03 bits per heavy atom. The van der Waals surface area contributed by atoms with Gasteiger partial charge in [0.05, 0.1) is 12.5 Å². The molecule has 1 fully saturated rings. The molecule has 0 radical (unpaired) electrons. The first kappa shape index (κ1) is 20.5. The van der Waals surface area contributed by atoms with E-state index in [9.17, 15) is 19.7 Å². The van der Waals surface area contributed by atoms with E-state index in [2.05, 4.69) is 5.32 Å². The molecule has 0 saturated carbocycles. The fraction of sp³-hybridized carbons (Fsp3) is 0.364. The molecule has 0 spiro atoms. The maximum Gasteiger partial charge on any atom is 0.319 e. The summed E-state index contributed by atoms with van der Waals surface area (Å²) in [4.78, 5) is 37.3. The Hall–Kier alpha value is -3.22. The molecule has 1 heterocycles. The molecule has 152 valence electrons. The Morgan fingerprint density at radius 3 is 2.03 bits per heavy atom. The lowest BCUT2D eigenvalue weighted by Crippen LogP contribution is -2.56. The maximum atomic E-state index is 12.9. The number of carbonyl (C=O) groups is 2. The zero-order chi connectivity index (χ0) is 21.1. The molecule has 1 amide bonds. The number of nitrogens with one attached hydrogen (secondary N) is 1. The minimum absolute atomic E-state index is 0.0910. The van der Waals surface area contributed by atoms with E-state index in [0.717, 1.165) is 11.1 Å². The second-order valence-electron chi connectivity index (χ2n) is 7.34. The number of hydrogen-bond donors (Lipinski definition) is 1. The average Bonchev–Trinajstić information content (AvgIpc) is 2.68. The van der Waals surface area contributed by atoms with E-state index in [0.29, 0.717) is 11.1 Å². The van der Waals surface area contributed by atoms with Crippen LogP contribution in [0.15, 0.2) is 48.5 Å². The first-order chi connectivity index (χ1) is 13.8. The monoisotopic (exact) mass is 396 g/mol. The summed E-state index contributed by atoms with van der Waals surface area (Å²) in [5.74, 6) is -3.53. The van der Waals surface area contributed by atoms with Crippen LogP contribution in [0, 0.1) is 29.9 Å². The zero-order valence-corrected chi connectivity index (χ0v) is 16.6. The third kappa shape index (κ3) is 4.13. The van der Waals surface area contributed by atoms with Crippen LogP contribution in [0.3, 0.4) is 0 Å². The third-order valence-corrected chi connectivity index (χ3v) is 5.33. The van der Waals surface area contributed by atoms with Gasteiger partial charge in [0, 0.05) is 4.92 Å². The van der Waals surface area contributed by atoms with Crippen molar-refractivity contribution in [3.8, 4) is 0 Å². The number of amides is 1. The van der Waals surface area contributed by atoms with E-state index in [-0.39, 0.29) is 6.61 Å². The Labute approximate surface area is 169 Å². The van der Waals surface area contributed by atoms with E-state index >= 15 is 0 Å². The molecule has 7 heteroatoms. The average molecular weight is 396 g/mol. The van der Waals surface area contributed by atoms with Gasteiger partial charge in [-0.2, -0.15) is 0 Å². The van der Waals surface area contributed by atoms with Crippen molar-refractivity contribution in [2.24, 2.45) is 5.92 Å². The number of nitro groups is 1. The highest BCUT2D eigenvalue weighted by molar-refractivity contribution is 6.00. The van der Waals surface area contributed by atoms with Gasteiger partial charge in [-0.25, -0.2) is 0 Å². The van der Waals surface area contributed by atoms with Crippen LogP contribution in [0.25, 0.3) is 0 Å². The summed E-state index contributed by atoms with van der Waals surface area (Å²) < 4.78 is 5.09. The lowest BCUT2D eigenvalue weighted by Gasteiger charge is -2.37. The zero-order valence-electron chi connectivity index (χ0n) is 16.6. The van der Waals surface area contributed by atoms with Gasteiger partial charge in [-0.05, 0) is 31.9 Å². The first-order valence-corrected chi connectivity index (χ1v) is 9.57. The summed E-state index contributed by atoms with van der Waals surface area (Å²) in [5.41, 5.74) is 3.19. The molecule has 2 aromatic rings. The number of nitrogens with zero attached hydrogens (tertiary/aromatic N) is 1. The molecule has 4 unspecified atom stereocenters. The van der Waals surface area contributed by atoms with E-state index in [1.54, 1.807) is 31.2 Å². The normalized spacial score (nSPS) is 23.9. The van der Waals surface area contributed by atoms with Gasteiger partial charge < -0.3 is 10.1 Å².